The van der Waals surface area contributed by atoms with Crippen molar-refractivity contribution in [3.05, 3.63) is 23.3 Å². The number of hydrogen-bond donors (Lipinski definition) is 1. The number of ether oxygens (including phenoxy) is 1. The zero-order valence-electron chi connectivity index (χ0n) is 30.3. The SMILES string of the molecule is COc1cc(C(C)(C)CCCC(C)CCC(=O)C2CCCCC2)c(O)cc1C(C)(C)CCCC(C)CCC(=O)C1CCCCC1. The van der Waals surface area contributed by atoms with Gasteiger partial charge in [0, 0.05) is 35.8 Å². The molecule has 4 nitrogen and oxygen atoms in total. The fourth-order valence-electron chi connectivity index (χ4n) is 8.19. The second-order valence-corrected chi connectivity index (χ2v) is 16.5. The first-order chi connectivity index (χ1) is 21.3. The van der Waals surface area contributed by atoms with Gasteiger partial charge in [0.05, 0.1) is 7.11 Å². The summed E-state index contributed by atoms with van der Waals surface area (Å²) in [5.41, 5.74) is 1.71. The number of phenolic OH excluding ortho intramolecular Hbond substituents is 1. The van der Waals surface area contributed by atoms with Gasteiger partial charge in [-0.15, -0.1) is 0 Å². The number of rotatable bonds is 19. The van der Waals surface area contributed by atoms with E-state index >= 15 is 0 Å². The quantitative estimate of drug-likeness (QED) is 0.166. The molecule has 0 aliphatic heterocycles. The summed E-state index contributed by atoms with van der Waals surface area (Å²) >= 11 is 0. The van der Waals surface area contributed by atoms with Crippen LogP contribution in [0.3, 0.4) is 0 Å². The summed E-state index contributed by atoms with van der Waals surface area (Å²) in [5, 5.41) is 11.3. The van der Waals surface area contributed by atoms with Gasteiger partial charge in [-0.1, -0.05) is 106 Å². The predicted molar refractivity (Wildman–Crippen MR) is 188 cm³/mol. The molecule has 2 fully saturated rings. The van der Waals surface area contributed by atoms with Gasteiger partial charge in [-0.05, 0) is 86.2 Å². The van der Waals surface area contributed by atoms with Crippen molar-refractivity contribution >= 4 is 11.6 Å². The van der Waals surface area contributed by atoms with Crippen LogP contribution in [0.5, 0.6) is 11.5 Å². The Bertz CT molecular complexity index is 1060. The number of hydrogen-bond acceptors (Lipinski definition) is 4. The molecule has 2 saturated carbocycles. The van der Waals surface area contributed by atoms with Crippen molar-refractivity contribution < 1.29 is 19.4 Å². The van der Waals surface area contributed by atoms with Crippen LogP contribution in [-0.2, 0) is 20.4 Å². The first kappa shape index (κ1) is 37.6. The maximum atomic E-state index is 12.7. The summed E-state index contributed by atoms with van der Waals surface area (Å²) in [6.07, 6.45) is 21.8. The van der Waals surface area contributed by atoms with E-state index in [9.17, 15) is 14.7 Å². The van der Waals surface area contributed by atoms with E-state index < -0.39 is 0 Å². The highest BCUT2D eigenvalue weighted by Gasteiger charge is 2.31. The van der Waals surface area contributed by atoms with Gasteiger partial charge in [-0.2, -0.15) is 0 Å². The average Bonchev–Trinajstić information content (AvgIpc) is 3.02. The normalized spacial score (nSPS) is 18.5. The summed E-state index contributed by atoms with van der Waals surface area (Å²) < 4.78 is 5.94. The lowest BCUT2D eigenvalue weighted by Crippen LogP contribution is -2.22. The monoisotopic (exact) mass is 625 g/mol. The minimum absolute atomic E-state index is 0.131. The molecule has 0 radical (unpaired) electrons. The molecule has 0 spiro atoms. The van der Waals surface area contributed by atoms with Crippen molar-refractivity contribution in [2.75, 3.05) is 7.11 Å². The third-order valence-corrected chi connectivity index (χ3v) is 11.7. The van der Waals surface area contributed by atoms with Crippen LogP contribution in [0.25, 0.3) is 0 Å². The number of phenols is 1. The van der Waals surface area contributed by atoms with Gasteiger partial charge < -0.3 is 9.84 Å². The van der Waals surface area contributed by atoms with Crippen LogP contribution in [0.2, 0.25) is 0 Å². The van der Waals surface area contributed by atoms with Crippen molar-refractivity contribution in [3.63, 3.8) is 0 Å². The molecule has 45 heavy (non-hydrogen) atoms. The minimum atomic E-state index is -0.178. The summed E-state index contributed by atoms with van der Waals surface area (Å²) in [6.45, 7) is 13.5. The highest BCUT2D eigenvalue weighted by molar-refractivity contribution is 5.81. The lowest BCUT2D eigenvalue weighted by molar-refractivity contribution is -0.124. The van der Waals surface area contributed by atoms with Gasteiger partial charge in [0.25, 0.3) is 0 Å². The van der Waals surface area contributed by atoms with E-state index in [2.05, 4.69) is 47.6 Å². The van der Waals surface area contributed by atoms with Crippen LogP contribution >= 0.6 is 0 Å². The Morgan fingerprint density at radius 2 is 1.13 bits per heavy atom. The number of benzene rings is 1. The molecule has 2 atom stereocenters. The summed E-state index contributed by atoms with van der Waals surface area (Å²) in [6, 6.07) is 4.04. The molecular weight excluding hydrogens is 556 g/mol. The standard InChI is InChI=1S/C41H68O4/c1-30(22-24-36(42)32-18-10-8-11-19-32)16-14-26-40(3,4)34-29-39(45-7)35(28-38(34)44)41(5,6)27-15-17-31(2)23-25-37(43)33-20-12-9-13-21-33/h28-33,44H,8-27H2,1-7H3. The third kappa shape index (κ3) is 11.7. The largest absolute Gasteiger partial charge is 0.508 e. The number of carbonyl (C=O) groups excluding carboxylic acids is 2. The van der Waals surface area contributed by atoms with Crippen molar-refractivity contribution in [2.24, 2.45) is 23.7 Å². The zero-order valence-corrected chi connectivity index (χ0v) is 30.3. The lowest BCUT2D eigenvalue weighted by Gasteiger charge is -2.32. The fraction of sp³-hybridized carbons (Fsp3) is 0.805. The summed E-state index contributed by atoms with van der Waals surface area (Å²) in [5.74, 6) is 3.97. The van der Waals surface area contributed by atoms with Crippen LogP contribution in [-0.4, -0.2) is 23.8 Å². The van der Waals surface area contributed by atoms with E-state index in [1.165, 1.54) is 38.5 Å². The van der Waals surface area contributed by atoms with Crippen LogP contribution < -0.4 is 4.74 Å². The average molecular weight is 625 g/mol. The molecule has 256 valence electrons. The smallest absolute Gasteiger partial charge is 0.135 e. The summed E-state index contributed by atoms with van der Waals surface area (Å²) in [4.78, 5) is 25.3. The Morgan fingerprint density at radius 1 is 0.711 bits per heavy atom. The first-order valence-electron chi connectivity index (χ1n) is 18.8. The second-order valence-electron chi connectivity index (χ2n) is 16.5. The maximum Gasteiger partial charge on any atom is 0.135 e. The molecule has 1 aromatic carbocycles. The molecule has 3 rings (SSSR count). The van der Waals surface area contributed by atoms with Crippen molar-refractivity contribution in [1.82, 2.24) is 0 Å². The van der Waals surface area contributed by atoms with Crippen molar-refractivity contribution in [3.8, 4) is 11.5 Å². The third-order valence-electron chi connectivity index (χ3n) is 11.7. The topological polar surface area (TPSA) is 63.6 Å². The molecule has 0 heterocycles. The lowest BCUT2D eigenvalue weighted by atomic mass is 9.74. The predicted octanol–water partition coefficient (Wildman–Crippen LogP) is 11.4. The fourth-order valence-corrected chi connectivity index (χ4v) is 8.19. The molecule has 2 aliphatic rings. The van der Waals surface area contributed by atoms with Crippen molar-refractivity contribution in [1.29, 1.82) is 0 Å². The van der Waals surface area contributed by atoms with Crippen LogP contribution in [0.15, 0.2) is 12.1 Å². The highest BCUT2D eigenvalue weighted by Crippen LogP contribution is 2.44. The molecule has 0 aromatic heterocycles. The molecule has 1 N–H and O–H groups in total. The molecule has 1 aromatic rings. The Hall–Kier alpha value is -1.84. The van der Waals surface area contributed by atoms with E-state index in [1.54, 1.807) is 7.11 Å². The van der Waals surface area contributed by atoms with Gasteiger partial charge in [0.15, 0.2) is 0 Å². The molecule has 0 bridgehead atoms. The number of aromatic hydroxyl groups is 1. The van der Waals surface area contributed by atoms with Crippen LogP contribution in [0, 0.1) is 23.7 Å². The molecule has 0 amide bonds. The Kier molecular flexibility index (Phi) is 15.0. The first-order valence-corrected chi connectivity index (χ1v) is 18.8. The van der Waals surface area contributed by atoms with Gasteiger partial charge in [0.2, 0.25) is 0 Å². The van der Waals surface area contributed by atoms with E-state index in [1.807, 2.05) is 6.07 Å². The molecule has 2 aliphatic carbocycles. The highest BCUT2D eigenvalue weighted by atomic mass is 16.5. The molecular formula is C41H68O4. The van der Waals surface area contributed by atoms with Gasteiger partial charge in [-0.3, -0.25) is 9.59 Å². The van der Waals surface area contributed by atoms with E-state index in [0.717, 1.165) is 107 Å². The minimum Gasteiger partial charge on any atom is -0.508 e. The number of Topliss-reactive ketones (excluding diaryl/α,β-unsaturated/α-hetero) is 2. The molecule has 0 saturated heterocycles. The number of methoxy groups -OCH3 is 1. The Morgan fingerprint density at radius 3 is 1.56 bits per heavy atom. The van der Waals surface area contributed by atoms with E-state index in [-0.39, 0.29) is 10.8 Å². The van der Waals surface area contributed by atoms with E-state index in [0.29, 0.717) is 41.0 Å². The number of carbonyl (C=O) groups is 2. The Labute approximate surface area is 276 Å². The van der Waals surface area contributed by atoms with Gasteiger partial charge in [-0.25, -0.2) is 0 Å². The van der Waals surface area contributed by atoms with Crippen LogP contribution in [0.4, 0.5) is 0 Å². The summed E-state index contributed by atoms with van der Waals surface area (Å²) in [7, 11) is 1.74. The zero-order chi connectivity index (χ0) is 33.0. The maximum absolute atomic E-state index is 12.7. The Balaban J connectivity index is 1.48. The number of ketones is 2. The van der Waals surface area contributed by atoms with Crippen molar-refractivity contribution in [2.45, 2.75) is 181 Å². The molecule has 4 heteroatoms. The second kappa shape index (κ2) is 17.9. The molecule has 2 unspecified atom stereocenters. The van der Waals surface area contributed by atoms with Gasteiger partial charge in [0.1, 0.15) is 23.1 Å². The van der Waals surface area contributed by atoms with Crippen LogP contribution in [0.1, 0.15) is 181 Å². The van der Waals surface area contributed by atoms with Gasteiger partial charge >= 0.3 is 0 Å². The van der Waals surface area contributed by atoms with E-state index in [4.69, 9.17) is 4.74 Å².